The van der Waals surface area contributed by atoms with E-state index in [9.17, 15) is 0 Å². The standard InChI is InChI=1S/C13H18N10/c1-7-9(17-4-3-16-7)10-19-12-8-6-18-22(5-2-14)11(8)20-13(15)23(12)21-10/h4,6,10,15-16,19,21H,2-3,5,14H2,1H3. The van der Waals surface area contributed by atoms with E-state index in [1.807, 2.05) is 13.1 Å². The molecule has 0 spiro atoms. The number of aromatic nitrogens is 4. The number of nitrogens with two attached hydrogens (primary N) is 1. The summed E-state index contributed by atoms with van der Waals surface area (Å²) in [5, 5.41) is 19.9. The summed E-state index contributed by atoms with van der Waals surface area (Å²) in [5.74, 6) is 0.759. The van der Waals surface area contributed by atoms with Crippen LogP contribution in [0.1, 0.15) is 6.92 Å². The van der Waals surface area contributed by atoms with E-state index in [2.05, 4.69) is 31.1 Å². The van der Waals surface area contributed by atoms with Gasteiger partial charge in [-0.05, 0) is 6.92 Å². The van der Waals surface area contributed by atoms with Crippen molar-refractivity contribution in [1.29, 1.82) is 5.41 Å². The summed E-state index contributed by atoms with van der Waals surface area (Å²) in [6.45, 7) is 3.74. The Balaban J connectivity index is 1.79. The topological polar surface area (TPSA) is 134 Å². The first kappa shape index (κ1) is 13.8. The molecule has 0 fully saturated rings. The van der Waals surface area contributed by atoms with Gasteiger partial charge in [-0.1, -0.05) is 0 Å². The van der Waals surface area contributed by atoms with Crippen LogP contribution in [0, 0.1) is 5.41 Å². The average molecular weight is 314 g/mol. The summed E-state index contributed by atoms with van der Waals surface area (Å²) in [4.78, 5) is 8.78. The molecule has 0 bridgehead atoms. The molecule has 2 aromatic rings. The fraction of sp³-hybridized carbons (Fsp3) is 0.385. The zero-order chi connectivity index (χ0) is 16.0. The second kappa shape index (κ2) is 5.09. The lowest BCUT2D eigenvalue weighted by atomic mass is 10.2. The Morgan fingerprint density at radius 3 is 3.13 bits per heavy atom. The molecule has 0 aromatic carbocycles. The van der Waals surface area contributed by atoms with Crippen molar-refractivity contribution in [2.24, 2.45) is 10.7 Å². The summed E-state index contributed by atoms with van der Waals surface area (Å²) in [6.07, 6.45) is 3.34. The molecule has 120 valence electrons. The van der Waals surface area contributed by atoms with E-state index >= 15 is 0 Å². The Hall–Kier alpha value is -2.88. The third-order valence-electron chi connectivity index (χ3n) is 3.94. The molecule has 4 heterocycles. The molecule has 0 saturated carbocycles. The minimum absolute atomic E-state index is 0.104. The van der Waals surface area contributed by atoms with Crippen LogP contribution in [0.15, 0.2) is 22.6 Å². The number of nitrogens with one attached hydrogen (secondary N) is 4. The Kier molecular flexibility index (Phi) is 3.05. The molecule has 10 nitrogen and oxygen atoms in total. The first-order valence-corrected chi connectivity index (χ1v) is 7.42. The summed E-state index contributed by atoms with van der Waals surface area (Å²) in [5.41, 5.74) is 11.4. The average Bonchev–Trinajstić information content (AvgIpc) is 3.13. The van der Waals surface area contributed by atoms with Crippen LogP contribution in [0.3, 0.4) is 0 Å². The van der Waals surface area contributed by atoms with E-state index in [-0.39, 0.29) is 11.8 Å². The third-order valence-corrected chi connectivity index (χ3v) is 3.94. The Morgan fingerprint density at radius 1 is 1.48 bits per heavy atom. The highest BCUT2D eigenvalue weighted by Gasteiger charge is 2.28. The molecule has 23 heavy (non-hydrogen) atoms. The van der Waals surface area contributed by atoms with Gasteiger partial charge in [0, 0.05) is 18.5 Å². The van der Waals surface area contributed by atoms with E-state index in [0.717, 1.165) is 29.1 Å². The van der Waals surface area contributed by atoms with Crippen molar-refractivity contribution in [3.8, 4) is 0 Å². The molecule has 2 aromatic heterocycles. The lowest BCUT2D eigenvalue weighted by molar-refractivity contribution is 0.636. The monoisotopic (exact) mass is 314 g/mol. The predicted octanol–water partition coefficient (Wildman–Crippen LogP) is -1.13. The first-order chi connectivity index (χ1) is 11.2. The molecule has 4 rings (SSSR count). The summed E-state index contributed by atoms with van der Waals surface area (Å²) < 4.78 is 3.33. The molecule has 1 unspecified atom stereocenters. The van der Waals surface area contributed by atoms with Gasteiger partial charge in [0.25, 0.3) is 0 Å². The highest BCUT2D eigenvalue weighted by Crippen LogP contribution is 2.26. The van der Waals surface area contributed by atoms with E-state index in [0.29, 0.717) is 18.7 Å². The SMILES string of the molecule is CC1=C(C2Nc3c4cnn(CCN)c4nc(=N)n3N2)N=CCN1. The maximum Gasteiger partial charge on any atom is 0.244 e. The van der Waals surface area contributed by atoms with E-state index in [1.165, 1.54) is 0 Å². The zero-order valence-corrected chi connectivity index (χ0v) is 12.7. The Bertz CT molecular complexity index is 886. The van der Waals surface area contributed by atoms with Crippen LogP contribution >= 0.6 is 0 Å². The quantitative estimate of drug-likeness (QED) is 0.487. The number of nitrogens with zero attached hydrogens (tertiary/aromatic N) is 5. The molecule has 1 atom stereocenters. The number of rotatable bonds is 3. The van der Waals surface area contributed by atoms with Gasteiger partial charge >= 0.3 is 0 Å². The number of hydrogen-bond acceptors (Lipinski definition) is 8. The normalized spacial score (nSPS) is 19.5. The maximum atomic E-state index is 8.16. The van der Waals surface area contributed by atoms with Gasteiger partial charge in [0.15, 0.2) is 11.8 Å². The summed E-state index contributed by atoms with van der Waals surface area (Å²) >= 11 is 0. The molecular weight excluding hydrogens is 296 g/mol. The van der Waals surface area contributed by atoms with Crippen LogP contribution in [0.5, 0.6) is 0 Å². The summed E-state index contributed by atoms with van der Waals surface area (Å²) in [7, 11) is 0. The number of fused-ring (bicyclic) bond motifs is 3. The van der Waals surface area contributed by atoms with Gasteiger partial charge in [-0.25, -0.2) is 9.36 Å². The number of anilines is 1. The zero-order valence-electron chi connectivity index (χ0n) is 12.7. The second-order valence-electron chi connectivity index (χ2n) is 5.42. The first-order valence-electron chi connectivity index (χ1n) is 7.42. The Morgan fingerprint density at radius 2 is 2.35 bits per heavy atom. The van der Waals surface area contributed by atoms with Gasteiger partial charge in [0.05, 0.1) is 24.7 Å². The van der Waals surface area contributed by atoms with Gasteiger partial charge in [-0.2, -0.15) is 10.1 Å². The predicted molar refractivity (Wildman–Crippen MR) is 86.4 cm³/mol. The van der Waals surface area contributed by atoms with E-state index in [1.54, 1.807) is 15.6 Å². The van der Waals surface area contributed by atoms with Crippen molar-refractivity contribution in [2.45, 2.75) is 19.6 Å². The van der Waals surface area contributed by atoms with Gasteiger partial charge in [0.1, 0.15) is 11.5 Å². The van der Waals surface area contributed by atoms with Crippen LogP contribution in [-0.4, -0.2) is 44.9 Å². The van der Waals surface area contributed by atoms with Crippen LogP contribution in [0.2, 0.25) is 0 Å². The van der Waals surface area contributed by atoms with E-state index in [4.69, 9.17) is 11.1 Å². The molecule has 10 heteroatoms. The molecule has 2 aliphatic rings. The minimum atomic E-state index is -0.228. The van der Waals surface area contributed by atoms with Gasteiger partial charge in [0.2, 0.25) is 5.62 Å². The van der Waals surface area contributed by atoms with Crippen LogP contribution in [0.4, 0.5) is 5.82 Å². The fourth-order valence-corrected chi connectivity index (χ4v) is 2.84. The number of hydrogen-bond donors (Lipinski definition) is 5. The third kappa shape index (κ3) is 2.06. The van der Waals surface area contributed by atoms with Crippen molar-refractivity contribution >= 4 is 23.1 Å². The summed E-state index contributed by atoms with van der Waals surface area (Å²) in [6, 6.07) is 0. The molecule has 0 amide bonds. The number of aliphatic imine (C=N–C) groups is 1. The molecular formula is C13H18N10. The van der Waals surface area contributed by atoms with Crippen LogP contribution in [-0.2, 0) is 6.54 Å². The van der Waals surface area contributed by atoms with Gasteiger partial charge in [-0.3, -0.25) is 15.8 Å². The van der Waals surface area contributed by atoms with Gasteiger partial charge in [-0.15, -0.1) is 0 Å². The maximum absolute atomic E-state index is 8.16. The smallest absolute Gasteiger partial charge is 0.244 e. The highest BCUT2D eigenvalue weighted by molar-refractivity contribution is 5.87. The lowest BCUT2D eigenvalue weighted by Crippen LogP contribution is -2.35. The van der Waals surface area contributed by atoms with Crippen LogP contribution in [0.25, 0.3) is 11.0 Å². The van der Waals surface area contributed by atoms with Crippen molar-refractivity contribution in [2.75, 3.05) is 23.8 Å². The lowest BCUT2D eigenvalue weighted by Gasteiger charge is -2.19. The van der Waals surface area contributed by atoms with Crippen molar-refractivity contribution < 1.29 is 0 Å². The second-order valence-corrected chi connectivity index (χ2v) is 5.42. The van der Waals surface area contributed by atoms with Crippen molar-refractivity contribution in [3.63, 3.8) is 0 Å². The molecule has 0 radical (unpaired) electrons. The number of allylic oxidation sites excluding steroid dienone is 1. The van der Waals surface area contributed by atoms with Crippen LogP contribution < -0.4 is 27.4 Å². The van der Waals surface area contributed by atoms with E-state index < -0.39 is 0 Å². The Labute approximate surface area is 131 Å². The molecule has 0 saturated heterocycles. The molecule has 2 aliphatic heterocycles. The van der Waals surface area contributed by atoms with Crippen molar-refractivity contribution in [1.82, 2.24) is 24.8 Å². The molecule has 6 N–H and O–H groups in total. The highest BCUT2D eigenvalue weighted by atomic mass is 15.6. The molecule has 0 aliphatic carbocycles. The fourth-order valence-electron chi connectivity index (χ4n) is 2.84. The largest absolute Gasteiger partial charge is 0.382 e. The minimum Gasteiger partial charge on any atom is -0.382 e. The van der Waals surface area contributed by atoms with Crippen molar-refractivity contribution in [3.05, 3.63) is 23.2 Å². The van der Waals surface area contributed by atoms with Gasteiger partial charge < -0.3 is 16.4 Å².